The molecule has 12 heteroatoms. The highest BCUT2D eigenvalue weighted by Gasteiger charge is 2.35. The highest BCUT2D eigenvalue weighted by molar-refractivity contribution is 9.10. The van der Waals surface area contributed by atoms with Crippen molar-refractivity contribution in [1.29, 1.82) is 0 Å². The Morgan fingerprint density at radius 3 is 2.42 bits per heavy atom. The number of benzene rings is 3. The molecule has 1 aromatic heterocycles. The van der Waals surface area contributed by atoms with Crippen LogP contribution in [0.3, 0.4) is 0 Å². The Hall–Kier alpha value is -4.19. The lowest BCUT2D eigenvalue weighted by Gasteiger charge is -2.26. The predicted molar refractivity (Wildman–Crippen MR) is 188 cm³/mol. The van der Waals surface area contributed by atoms with Crippen molar-refractivity contribution < 1.29 is 28.5 Å². The summed E-state index contributed by atoms with van der Waals surface area (Å²) in [5.41, 5.74) is 2.83. The lowest BCUT2D eigenvalue weighted by Crippen LogP contribution is -2.40. The number of carbonyl (C=O) groups is 2. The summed E-state index contributed by atoms with van der Waals surface area (Å²) in [6.07, 6.45) is 1.56. The van der Waals surface area contributed by atoms with E-state index < -0.39 is 18.0 Å². The molecule has 250 valence electrons. The van der Waals surface area contributed by atoms with Gasteiger partial charge in [0, 0.05) is 16.1 Å². The van der Waals surface area contributed by atoms with Gasteiger partial charge in [0.05, 0.1) is 45.2 Å². The molecule has 5 rings (SSSR count). The van der Waals surface area contributed by atoms with E-state index in [9.17, 15) is 14.4 Å². The van der Waals surface area contributed by atoms with E-state index >= 15 is 0 Å². The number of ether oxygens (including phenoxy) is 4. The highest BCUT2D eigenvalue weighted by Crippen LogP contribution is 2.37. The van der Waals surface area contributed by atoms with Crippen LogP contribution in [0, 0.1) is 0 Å². The highest BCUT2D eigenvalue weighted by atomic mass is 79.9. The molecule has 0 spiro atoms. The quantitative estimate of drug-likeness (QED) is 0.156. The zero-order chi connectivity index (χ0) is 34.5. The minimum Gasteiger partial charge on any atom is -0.491 e. The Bertz CT molecular complexity index is 2070. The summed E-state index contributed by atoms with van der Waals surface area (Å²) in [6.45, 7) is 9.69. The molecule has 0 amide bonds. The van der Waals surface area contributed by atoms with Gasteiger partial charge in [-0.05, 0) is 92.5 Å². The average Bonchev–Trinajstić information content (AvgIpc) is 3.34. The van der Waals surface area contributed by atoms with Gasteiger partial charge >= 0.3 is 11.9 Å². The summed E-state index contributed by atoms with van der Waals surface area (Å²) in [6, 6.07) is 16.9. The third-order valence-corrected chi connectivity index (χ3v) is 9.06. The first-order valence-corrected chi connectivity index (χ1v) is 17.3. The van der Waals surface area contributed by atoms with Crippen molar-refractivity contribution in [3.8, 4) is 11.5 Å². The second kappa shape index (κ2) is 15.4. The molecule has 0 saturated carbocycles. The van der Waals surface area contributed by atoms with Gasteiger partial charge < -0.3 is 18.9 Å². The molecular weight excluding hydrogens is 720 g/mol. The molecule has 0 radical (unpaired) electrons. The van der Waals surface area contributed by atoms with Crippen molar-refractivity contribution in [3.05, 3.63) is 123 Å². The lowest BCUT2D eigenvalue weighted by molar-refractivity contribution is -0.139. The summed E-state index contributed by atoms with van der Waals surface area (Å²) in [4.78, 5) is 44.8. The number of fused-ring (bicyclic) bond motifs is 1. The molecule has 4 aromatic rings. The number of carbonyl (C=O) groups excluding carboxylic acids is 2. The fraction of sp³-hybridized carbons (Fsp3) is 0.278. The maximum absolute atomic E-state index is 14.3. The summed E-state index contributed by atoms with van der Waals surface area (Å²) in [5.74, 6) is 0.0719. The Morgan fingerprint density at radius 1 is 1.04 bits per heavy atom. The molecule has 0 saturated heterocycles. The van der Waals surface area contributed by atoms with Crippen LogP contribution in [0.5, 0.6) is 11.5 Å². The first-order valence-electron chi connectivity index (χ1n) is 15.4. The molecule has 1 aliphatic heterocycles. The summed E-state index contributed by atoms with van der Waals surface area (Å²) in [7, 11) is 0. The van der Waals surface area contributed by atoms with Gasteiger partial charge in [0.15, 0.2) is 4.80 Å². The van der Waals surface area contributed by atoms with Crippen molar-refractivity contribution in [3.63, 3.8) is 0 Å². The molecular formula is C36H34BrClN2O7S. The normalized spacial score (nSPS) is 14.4. The SMILES string of the molecule is CCOC(=O)C1=C(C)N=c2s/c(=C\c3cc(Cl)cc(Br)c3OCc3ccc(C(=O)OCC)cc3)c(=O)n2[C@@H]1c1ccccc1OC(C)C. The summed E-state index contributed by atoms with van der Waals surface area (Å²) < 4.78 is 25.3. The van der Waals surface area contributed by atoms with Crippen LogP contribution in [-0.2, 0) is 20.9 Å². The summed E-state index contributed by atoms with van der Waals surface area (Å²) in [5, 5.41) is 0.435. The smallest absolute Gasteiger partial charge is 0.338 e. The number of halogens is 2. The number of thiazole rings is 1. The van der Waals surface area contributed by atoms with Crippen molar-refractivity contribution in [1.82, 2.24) is 4.57 Å². The number of aromatic nitrogens is 1. The van der Waals surface area contributed by atoms with Crippen molar-refractivity contribution in [2.75, 3.05) is 13.2 Å². The molecule has 48 heavy (non-hydrogen) atoms. The molecule has 1 aliphatic rings. The number of esters is 2. The third kappa shape index (κ3) is 7.59. The Kier molecular flexibility index (Phi) is 11.2. The molecule has 0 unspecified atom stereocenters. The maximum atomic E-state index is 14.3. The van der Waals surface area contributed by atoms with Crippen LogP contribution in [0.2, 0.25) is 5.02 Å². The Balaban J connectivity index is 1.60. The van der Waals surface area contributed by atoms with Crippen LogP contribution >= 0.6 is 38.9 Å². The second-order valence-electron chi connectivity index (χ2n) is 11.0. The number of rotatable bonds is 11. The van der Waals surface area contributed by atoms with E-state index in [0.29, 0.717) is 59.3 Å². The second-order valence-corrected chi connectivity index (χ2v) is 13.3. The van der Waals surface area contributed by atoms with Crippen molar-refractivity contribution in [2.24, 2.45) is 4.99 Å². The van der Waals surface area contributed by atoms with Crippen molar-refractivity contribution in [2.45, 2.75) is 53.4 Å². The minimum atomic E-state index is -0.836. The van der Waals surface area contributed by atoms with Gasteiger partial charge in [0.2, 0.25) is 0 Å². The first-order chi connectivity index (χ1) is 23.0. The minimum absolute atomic E-state index is 0.145. The topological polar surface area (TPSA) is 105 Å². The number of para-hydroxylation sites is 1. The monoisotopic (exact) mass is 752 g/mol. The first kappa shape index (κ1) is 35.1. The fourth-order valence-corrected chi connectivity index (χ4v) is 7.23. The van der Waals surface area contributed by atoms with Gasteiger partial charge in [-0.15, -0.1) is 0 Å². The van der Waals surface area contributed by atoms with E-state index in [1.807, 2.05) is 38.1 Å². The third-order valence-electron chi connectivity index (χ3n) is 7.27. The molecule has 0 N–H and O–H groups in total. The van der Waals surface area contributed by atoms with Crippen LogP contribution in [-0.4, -0.2) is 35.8 Å². The van der Waals surface area contributed by atoms with E-state index in [-0.39, 0.29) is 30.5 Å². The van der Waals surface area contributed by atoms with E-state index in [0.717, 1.165) is 5.56 Å². The van der Waals surface area contributed by atoms with Gasteiger partial charge in [-0.25, -0.2) is 14.6 Å². The number of allylic oxidation sites excluding steroid dienone is 1. The molecule has 1 atom stereocenters. The van der Waals surface area contributed by atoms with Crippen LogP contribution < -0.4 is 24.4 Å². The number of hydrogen-bond donors (Lipinski definition) is 0. The van der Waals surface area contributed by atoms with E-state index in [4.69, 9.17) is 30.5 Å². The Labute approximate surface area is 295 Å². The summed E-state index contributed by atoms with van der Waals surface area (Å²) >= 11 is 11.2. The van der Waals surface area contributed by atoms with Crippen LogP contribution in [0.25, 0.3) is 6.08 Å². The van der Waals surface area contributed by atoms with E-state index in [1.54, 1.807) is 63.2 Å². The van der Waals surface area contributed by atoms with Gasteiger partial charge in [0.25, 0.3) is 5.56 Å². The zero-order valence-corrected chi connectivity index (χ0v) is 30.2. The number of hydrogen-bond acceptors (Lipinski definition) is 9. The van der Waals surface area contributed by atoms with Crippen LogP contribution in [0.15, 0.2) is 86.2 Å². The van der Waals surface area contributed by atoms with Gasteiger partial charge in [0.1, 0.15) is 24.1 Å². The van der Waals surface area contributed by atoms with Gasteiger partial charge in [-0.1, -0.05) is 53.3 Å². The van der Waals surface area contributed by atoms with Crippen LogP contribution in [0.4, 0.5) is 0 Å². The molecule has 0 bridgehead atoms. The maximum Gasteiger partial charge on any atom is 0.338 e. The lowest BCUT2D eigenvalue weighted by atomic mass is 9.95. The molecule has 3 aromatic carbocycles. The fourth-order valence-electron chi connectivity index (χ4n) is 5.24. The predicted octanol–water partition coefficient (Wildman–Crippen LogP) is 6.76. The van der Waals surface area contributed by atoms with Crippen LogP contribution in [0.1, 0.15) is 67.7 Å². The molecule has 9 nitrogen and oxygen atoms in total. The number of nitrogens with zero attached hydrogens (tertiary/aromatic N) is 2. The molecule has 0 fully saturated rings. The largest absolute Gasteiger partial charge is 0.491 e. The van der Waals surface area contributed by atoms with E-state index in [1.165, 1.54) is 15.9 Å². The van der Waals surface area contributed by atoms with Gasteiger partial charge in [-0.3, -0.25) is 9.36 Å². The zero-order valence-electron chi connectivity index (χ0n) is 27.0. The Morgan fingerprint density at radius 2 is 1.73 bits per heavy atom. The molecule has 0 aliphatic carbocycles. The molecule has 2 heterocycles. The van der Waals surface area contributed by atoms with Crippen molar-refractivity contribution >= 4 is 56.9 Å². The standard InChI is InChI=1S/C36H34BrClN2O7S/c1-6-44-34(42)23-14-12-22(13-15-23)19-46-32-24(16-25(38)18-27(32)37)17-29-33(41)40-31(26-10-8-9-11-28(26)47-20(3)4)30(35(43)45-7-2)21(5)39-36(40)48-29/h8-18,20,31H,6-7,19H2,1-5H3/b29-17-/t31-/m1/s1. The van der Waals surface area contributed by atoms with E-state index in [2.05, 4.69) is 20.9 Å². The van der Waals surface area contributed by atoms with Gasteiger partial charge in [-0.2, -0.15) is 0 Å². The average molecular weight is 754 g/mol.